The lowest BCUT2D eigenvalue weighted by Crippen LogP contribution is -2.20. The van der Waals surface area contributed by atoms with E-state index in [1.54, 1.807) is 0 Å². The number of nitrogens with zero attached hydrogens (tertiary/aromatic N) is 4. The zero-order chi connectivity index (χ0) is 20.2. The smallest absolute Gasteiger partial charge is 0.262 e. The van der Waals surface area contributed by atoms with Crippen molar-refractivity contribution in [3.05, 3.63) is 54.1 Å². The van der Waals surface area contributed by atoms with Crippen LogP contribution in [-0.4, -0.2) is 32.7 Å². The summed E-state index contributed by atoms with van der Waals surface area (Å²) in [4.78, 5) is 12.4. The summed E-state index contributed by atoms with van der Waals surface area (Å²) in [5.74, 6) is 1.66. The first-order valence-electron chi connectivity index (χ1n) is 10.1. The Hall–Kier alpha value is -3.22. The average molecular weight is 391 g/mol. The van der Waals surface area contributed by atoms with Gasteiger partial charge in [0.15, 0.2) is 12.4 Å². The second kappa shape index (κ2) is 8.43. The third kappa shape index (κ3) is 4.45. The first-order chi connectivity index (χ1) is 14.2. The van der Waals surface area contributed by atoms with Crippen LogP contribution in [0.2, 0.25) is 0 Å². The van der Waals surface area contributed by atoms with Crippen LogP contribution < -0.4 is 10.1 Å². The maximum absolute atomic E-state index is 12.4. The molecular formula is C22H25N5O2. The molecule has 1 N–H and O–H groups in total. The minimum Gasteiger partial charge on any atom is -0.483 e. The summed E-state index contributed by atoms with van der Waals surface area (Å²) in [7, 11) is 0. The van der Waals surface area contributed by atoms with Gasteiger partial charge in [0.2, 0.25) is 0 Å². The Morgan fingerprint density at radius 1 is 1.24 bits per heavy atom. The maximum Gasteiger partial charge on any atom is 0.262 e. The molecule has 4 rings (SSSR count). The standard InChI is InChI=1S/C22H25N5O2/c1-3-15(2)19-9-4-5-10-20(19)29-14-21(28)23-17-8-6-7-16(13-17)22-24-25-26-27(22)18-11-12-18/h4-10,13,15,18H,3,11-12,14H2,1-2H3,(H,23,28). The zero-order valence-corrected chi connectivity index (χ0v) is 16.7. The summed E-state index contributed by atoms with van der Waals surface area (Å²) < 4.78 is 7.66. The highest BCUT2D eigenvalue weighted by Crippen LogP contribution is 2.36. The van der Waals surface area contributed by atoms with Gasteiger partial charge < -0.3 is 10.1 Å². The molecule has 1 saturated carbocycles. The Labute approximate surface area is 170 Å². The predicted molar refractivity (Wildman–Crippen MR) is 111 cm³/mol. The molecule has 0 spiro atoms. The van der Waals surface area contributed by atoms with Gasteiger partial charge in [-0.3, -0.25) is 4.79 Å². The largest absolute Gasteiger partial charge is 0.483 e. The van der Waals surface area contributed by atoms with E-state index in [0.29, 0.717) is 17.6 Å². The molecule has 1 fully saturated rings. The van der Waals surface area contributed by atoms with Gasteiger partial charge in [-0.15, -0.1) is 5.10 Å². The normalized spacial score (nSPS) is 14.4. The number of hydrogen-bond donors (Lipinski definition) is 1. The number of amides is 1. The molecule has 1 unspecified atom stereocenters. The topological polar surface area (TPSA) is 81.9 Å². The van der Waals surface area contributed by atoms with Gasteiger partial charge in [0, 0.05) is 11.3 Å². The summed E-state index contributed by atoms with van der Waals surface area (Å²) in [5, 5.41) is 14.9. The van der Waals surface area contributed by atoms with Crippen molar-refractivity contribution in [3.63, 3.8) is 0 Å². The minimum atomic E-state index is -0.206. The van der Waals surface area contributed by atoms with Crippen LogP contribution in [0, 0.1) is 0 Å². The van der Waals surface area contributed by atoms with Gasteiger partial charge in [-0.1, -0.05) is 44.2 Å². The number of carbonyl (C=O) groups is 1. The number of nitrogens with one attached hydrogen (secondary N) is 1. The number of para-hydroxylation sites is 1. The number of aromatic nitrogens is 4. The molecule has 150 valence electrons. The van der Waals surface area contributed by atoms with Gasteiger partial charge in [-0.2, -0.15) is 0 Å². The fraction of sp³-hybridized carbons (Fsp3) is 0.364. The summed E-state index contributed by atoms with van der Waals surface area (Å²) in [6.45, 7) is 4.25. The van der Waals surface area contributed by atoms with Crippen LogP contribution in [0.15, 0.2) is 48.5 Å². The van der Waals surface area contributed by atoms with Crippen LogP contribution in [0.3, 0.4) is 0 Å². The molecule has 3 aromatic rings. The maximum atomic E-state index is 12.4. The van der Waals surface area contributed by atoms with Gasteiger partial charge in [-0.25, -0.2) is 4.68 Å². The third-order valence-electron chi connectivity index (χ3n) is 5.21. The van der Waals surface area contributed by atoms with Gasteiger partial charge in [0.05, 0.1) is 6.04 Å². The number of hydrogen-bond acceptors (Lipinski definition) is 5. The summed E-state index contributed by atoms with van der Waals surface area (Å²) in [6, 6.07) is 15.8. The lowest BCUT2D eigenvalue weighted by molar-refractivity contribution is -0.118. The lowest BCUT2D eigenvalue weighted by Gasteiger charge is -2.15. The molecule has 1 heterocycles. The van der Waals surface area contributed by atoms with E-state index in [1.807, 2.05) is 47.1 Å². The molecule has 29 heavy (non-hydrogen) atoms. The molecule has 1 amide bonds. The fourth-order valence-corrected chi connectivity index (χ4v) is 3.26. The Kier molecular flexibility index (Phi) is 5.55. The quantitative estimate of drug-likeness (QED) is 0.622. The Morgan fingerprint density at radius 2 is 2.07 bits per heavy atom. The molecule has 0 bridgehead atoms. The number of carbonyl (C=O) groups excluding carboxylic acids is 1. The van der Waals surface area contributed by atoms with Crippen LogP contribution in [0.25, 0.3) is 11.4 Å². The molecule has 0 aliphatic heterocycles. The first-order valence-corrected chi connectivity index (χ1v) is 10.1. The van der Waals surface area contributed by atoms with Gasteiger partial charge in [-0.05, 0) is 59.4 Å². The highest BCUT2D eigenvalue weighted by atomic mass is 16.5. The number of rotatable bonds is 8. The van der Waals surface area contributed by atoms with Crippen molar-refractivity contribution >= 4 is 11.6 Å². The molecule has 2 aromatic carbocycles. The van der Waals surface area contributed by atoms with Gasteiger partial charge in [0.1, 0.15) is 5.75 Å². The Bertz CT molecular complexity index is 996. The van der Waals surface area contributed by atoms with Crippen molar-refractivity contribution in [1.82, 2.24) is 20.2 Å². The van der Waals surface area contributed by atoms with Crippen molar-refractivity contribution in [2.24, 2.45) is 0 Å². The van der Waals surface area contributed by atoms with Crippen LogP contribution in [0.5, 0.6) is 5.75 Å². The number of benzene rings is 2. The van der Waals surface area contributed by atoms with E-state index in [2.05, 4.69) is 40.8 Å². The monoisotopic (exact) mass is 391 g/mol. The molecule has 0 saturated heterocycles. The predicted octanol–water partition coefficient (Wildman–Crippen LogP) is 4.21. The SMILES string of the molecule is CCC(C)c1ccccc1OCC(=O)Nc1cccc(-c2nnnn2C2CC2)c1. The number of ether oxygens (including phenoxy) is 1. The molecule has 7 heteroatoms. The van der Waals surface area contributed by atoms with Crippen molar-refractivity contribution < 1.29 is 9.53 Å². The summed E-state index contributed by atoms with van der Waals surface area (Å²) in [6.07, 6.45) is 3.22. The van der Waals surface area contributed by atoms with Crippen molar-refractivity contribution in [1.29, 1.82) is 0 Å². The van der Waals surface area contributed by atoms with E-state index in [1.165, 1.54) is 0 Å². The zero-order valence-electron chi connectivity index (χ0n) is 16.7. The van der Waals surface area contributed by atoms with Crippen molar-refractivity contribution in [2.45, 2.75) is 45.1 Å². The van der Waals surface area contributed by atoms with Crippen LogP contribution in [-0.2, 0) is 4.79 Å². The minimum absolute atomic E-state index is 0.0442. The highest BCUT2D eigenvalue weighted by Gasteiger charge is 2.28. The van der Waals surface area contributed by atoms with Gasteiger partial charge in [0.25, 0.3) is 5.91 Å². The van der Waals surface area contributed by atoms with E-state index >= 15 is 0 Å². The Morgan fingerprint density at radius 3 is 2.86 bits per heavy atom. The highest BCUT2D eigenvalue weighted by molar-refractivity contribution is 5.92. The summed E-state index contributed by atoms with van der Waals surface area (Å²) in [5.41, 5.74) is 2.69. The molecule has 1 aliphatic rings. The van der Waals surface area contributed by atoms with Crippen molar-refractivity contribution in [2.75, 3.05) is 11.9 Å². The molecule has 7 nitrogen and oxygen atoms in total. The van der Waals surface area contributed by atoms with Crippen molar-refractivity contribution in [3.8, 4) is 17.1 Å². The fourth-order valence-electron chi connectivity index (χ4n) is 3.26. The molecule has 1 aliphatic carbocycles. The van der Waals surface area contributed by atoms with E-state index < -0.39 is 0 Å². The van der Waals surface area contributed by atoms with E-state index in [-0.39, 0.29) is 12.5 Å². The molecule has 0 radical (unpaired) electrons. The second-order valence-electron chi connectivity index (χ2n) is 7.44. The summed E-state index contributed by atoms with van der Waals surface area (Å²) >= 11 is 0. The molecule has 1 aromatic heterocycles. The third-order valence-corrected chi connectivity index (χ3v) is 5.21. The number of tetrazole rings is 1. The second-order valence-corrected chi connectivity index (χ2v) is 7.44. The Balaban J connectivity index is 1.41. The molecular weight excluding hydrogens is 366 g/mol. The molecule has 1 atom stereocenters. The van der Waals surface area contributed by atoms with E-state index in [9.17, 15) is 4.79 Å². The van der Waals surface area contributed by atoms with Gasteiger partial charge >= 0.3 is 0 Å². The number of anilines is 1. The first kappa shape index (κ1) is 19.1. The van der Waals surface area contributed by atoms with E-state index in [0.717, 1.165) is 42.0 Å². The van der Waals surface area contributed by atoms with Crippen LogP contribution >= 0.6 is 0 Å². The van der Waals surface area contributed by atoms with Crippen LogP contribution in [0.4, 0.5) is 5.69 Å². The van der Waals surface area contributed by atoms with E-state index in [4.69, 9.17) is 4.74 Å². The average Bonchev–Trinajstić information content (AvgIpc) is 3.48. The van der Waals surface area contributed by atoms with Crippen LogP contribution in [0.1, 0.15) is 50.6 Å². The lowest BCUT2D eigenvalue weighted by atomic mass is 9.98.